The van der Waals surface area contributed by atoms with Crippen molar-refractivity contribution >= 4 is 29.3 Å². The predicted octanol–water partition coefficient (Wildman–Crippen LogP) is 3.21. The molecule has 4 aliphatic carbocycles. The summed E-state index contributed by atoms with van der Waals surface area (Å²) >= 11 is 0. The summed E-state index contributed by atoms with van der Waals surface area (Å²) in [7, 11) is 0. The van der Waals surface area contributed by atoms with Crippen LogP contribution in [0.3, 0.4) is 0 Å². The third-order valence-corrected chi connectivity index (χ3v) is 9.48. The van der Waals surface area contributed by atoms with E-state index >= 15 is 0 Å². The zero-order valence-electron chi connectivity index (χ0n) is 19.5. The van der Waals surface area contributed by atoms with Gasteiger partial charge < -0.3 is 9.47 Å². The van der Waals surface area contributed by atoms with Gasteiger partial charge in [0, 0.05) is 38.0 Å². The lowest BCUT2D eigenvalue weighted by atomic mass is 9.44. The summed E-state index contributed by atoms with van der Waals surface area (Å²) in [5.74, 6) is -0.944. The highest BCUT2D eigenvalue weighted by Crippen LogP contribution is 2.65. The Hall–Kier alpha value is -2.05. The Morgan fingerprint density at radius 1 is 0.969 bits per heavy atom. The molecule has 4 rings (SSSR count). The van der Waals surface area contributed by atoms with Gasteiger partial charge in [0.25, 0.3) is 0 Å². The number of ketones is 3. The summed E-state index contributed by atoms with van der Waals surface area (Å²) in [6, 6.07) is 0. The zero-order chi connectivity index (χ0) is 23.5. The van der Waals surface area contributed by atoms with Crippen molar-refractivity contribution < 1.29 is 33.4 Å². The molecule has 0 bridgehead atoms. The molecule has 7 atom stereocenters. The summed E-state index contributed by atoms with van der Waals surface area (Å²) in [5, 5.41) is 0. The first kappa shape index (κ1) is 23.1. The van der Waals surface area contributed by atoms with Crippen LogP contribution >= 0.6 is 0 Å². The fraction of sp³-hybridized carbons (Fsp3) is 0.800. The number of ether oxygens (including phenoxy) is 2. The highest BCUT2D eigenvalue weighted by molar-refractivity contribution is 5.93. The van der Waals surface area contributed by atoms with E-state index in [0.29, 0.717) is 31.5 Å². The number of rotatable bonds is 4. The first-order valence-corrected chi connectivity index (χ1v) is 11.9. The summed E-state index contributed by atoms with van der Waals surface area (Å²) in [6.45, 7) is 6.33. The number of esters is 2. The fourth-order valence-corrected chi connectivity index (χ4v) is 7.66. The van der Waals surface area contributed by atoms with E-state index in [1.165, 1.54) is 13.8 Å². The Bertz CT molecular complexity index is 878. The van der Waals surface area contributed by atoms with Gasteiger partial charge in [-0.25, -0.2) is 0 Å². The molecule has 0 saturated heterocycles. The van der Waals surface area contributed by atoms with Crippen molar-refractivity contribution in [3.8, 4) is 0 Å². The molecule has 0 aliphatic heterocycles. The molecule has 0 aromatic rings. The summed E-state index contributed by atoms with van der Waals surface area (Å²) in [5.41, 5.74) is -1.89. The van der Waals surface area contributed by atoms with E-state index in [9.17, 15) is 24.0 Å². The molecule has 0 spiro atoms. The van der Waals surface area contributed by atoms with Crippen molar-refractivity contribution in [2.24, 2.45) is 34.5 Å². The van der Waals surface area contributed by atoms with Crippen molar-refractivity contribution in [3.05, 3.63) is 0 Å². The van der Waals surface area contributed by atoms with Crippen molar-refractivity contribution in [2.75, 3.05) is 6.61 Å². The molecule has 0 radical (unpaired) electrons. The van der Waals surface area contributed by atoms with Gasteiger partial charge >= 0.3 is 11.9 Å². The molecule has 7 heteroatoms. The van der Waals surface area contributed by atoms with Crippen LogP contribution in [0.5, 0.6) is 0 Å². The van der Waals surface area contributed by atoms with E-state index in [4.69, 9.17) is 9.47 Å². The molecular weight excluding hydrogens is 412 g/mol. The van der Waals surface area contributed by atoms with Crippen molar-refractivity contribution in [3.63, 3.8) is 0 Å². The van der Waals surface area contributed by atoms with Crippen molar-refractivity contribution in [2.45, 2.75) is 84.7 Å². The number of fused-ring (bicyclic) bond motifs is 5. The lowest BCUT2D eigenvalue weighted by molar-refractivity contribution is -0.190. The van der Waals surface area contributed by atoms with Gasteiger partial charge in [-0.15, -0.1) is 0 Å². The van der Waals surface area contributed by atoms with Gasteiger partial charge in [0.2, 0.25) is 5.78 Å². The van der Waals surface area contributed by atoms with Crippen LogP contribution in [0, 0.1) is 34.5 Å². The molecule has 3 unspecified atom stereocenters. The van der Waals surface area contributed by atoms with E-state index in [1.807, 2.05) is 6.92 Å². The molecule has 0 aromatic carbocycles. The van der Waals surface area contributed by atoms with Gasteiger partial charge in [-0.1, -0.05) is 13.8 Å². The fourth-order valence-electron chi connectivity index (χ4n) is 7.66. The Morgan fingerprint density at radius 2 is 1.69 bits per heavy atom. The molecule has 7 nitrogen and oxygen atoms in total. The largest absolute Gasteiger partial charge is 0.458 e. The molecule has 4 aliphatic rings. The number of hydrogen-bond acceptors (Lipinski definition) is 7. The maximum atomic E-state index is 13.5. The minimum atomic E-state index is -1.36. The number of Topliss-reactive ketones (excluding diaryl/α,β-unsaturated/α-hetero) is 3. The predicted molar refractivity (Wildman–Crippen MR) is 113 cm³/mol. The van der Waals surface area contributed by atoms with E-state index < -0.39 is 29.9 Å². The second kappa shape index (κ2) is 7.77. The highest BCUT2D eigenvalue weighted by Gasteiger charge is 2.65. The Morgan fingerprint density at radius 3 is 2.34 bits per heavy atom. The average Bonchev–Trinajstić information content (AvgIpc) is 3.01. The van der Waals surface area contributed by atoms with E-state index in [-0.39, 0.29) is 46.7 Å². The van der Waals surface area contributed by atoms with Gasteiger partial charge in [-0.3, -0.25) is 24.0 Å². The topological polar surface area (TPSA) is 104 Å². The summed E-state index contributed by atoms with van der Waals surface area (Å²) < 4.78 is 10.5. The second-order valence-electron chi connectivity index (χ2n) is 11.0. The van der Waals surface area contributed by atoms with Gasteiger partial charge in [-0.2, -0.15) is 0 Å². The third kappa shape index (κ3) is 3.43. The van der Waals surface area contributed by atoms with Crippen molar-refractivity contribution in [1.29, 1.82) is 0 Å². The minimum absolute atomic E-state index is 0.0907. The van der Waals surface area contributed by atoms with Crippen LogP contribution in [0.25, 0.3) is 0 Å². The van der Waals surface area contributed by atoms with Gasteiger partial charge in [-0.05, 0) is 61.7 Å². The normalized spacial score (nSPS) is 43.0. The van der Waals surface area contributed by atoms with E-state index in [1.54, 1.807) is 0 Å². The SMILES string of the molecule is CC(=O)OCC(=O)[C@]1(OC(C)=O)CC[C@]2(C)C3CC[C@]4(C)C(=O)CCC4C3C(=O)C[C@H]2C1. The monoisotopic (exact) mass is 446 g/mol. The number of hydrogen-bond donors (Lipinski definition) is 0. The maximum absolute atomic E-state index is 13.5. The Kier molecular flexibility index (Phi) is 5.61. The first-order chi connectivity index (χ1) is 14.9. The van der Waals surface area contributed by atoms with Crippen LogP contribution < -0.4 is 0 Å². The first-order valence-electron chi connectivity index (χ1n) is 11.9. The summed E-state index contributed by atoms with van der Waals surface area (Å²) in [4.78, 5) is 62.3. The second-order valence-corrected chi connectivity index (χ2v) is 11.0. The molecule has 0 heterocycles. The molecule has 32 heavy (non-hydrogen) atoms. The molecule has 4 saturated carbocycles. The van der Waals surface area contributed by atoms with Gasteiger partial charge in [0.05, 0.1) is 0 Å². The highest BCUT2D eigenvalue weighted by atomic mass is 16.6. The standard InChI is InChI=1S/C25H34O7/c1-14(26)31-13-21(30)25(32-15(2)27)10-9-23(3)16(12-25)11-19(28)22-17-5-6-20(29)24(17,4)8-7-18(22)23/h16-18,22H,5-13H2,1-4H3/t16-,17?,18?,22?,23-,24-,25-/m0/s1. The van der Waals surface area contributed by atoms with E-state index in [2.05, 4.69) is 6.92 Å². The van der Waals surface area contributed by atoms with Crippen molar-refractivity contribution in [1.82, 2.24) is 0 Å². The maximum Gasteiger partial charge on any atom is 0.303 e. The minimum Gasteiger partial charge on any atom is -0.458 e. The van der Waals surface area contributed by atoms with Crippen LogP contribution in [-0.2, 0) is 33.4 Å². The number of carbonyl (C=O) groups is 5. The lowest BCUT2D eigenvalue weighted by Crippen LogP contribution is -2.61. The molecule has 0 N–H and O–H groups in total. The third-order valence-electron chi connectivity index (χ3n) is 9.48. The average molecular weight is 447 g/mol. The summed E-state index contributed by atoms with van der Waals surface area (Å²) in [6.07, 6.45) is 4.64. The smallest absolute Gasteiger partial charge is 0.303 e. The van der Waals surface area contributed by atoms with Crippen LogP contribution in [0.1, 0.15) is 79.1 Å². The molecular formula is C25H34O7. The molecule has 0 amide bonds. The molecule has 176 valence electrons. The van der Waals surface area contributed by atoms with Gasteiger partial charge in [0.1, 0.15) is 11.6 Å². The van der Waals surface area contributed by atoms with Crippen LogP contribution in [0.15, 0.2) is 0 Å². The van der Waals surface area contributed by atoms with Gasteiger partial charge in [0.15, 0.2) is 12.2 Å². The van der Waals surface area contributed by atoms with Crippen LogP contribution in [0.4, 0.5) is 0 Å². The van der Waals surface area contributed by atoms with Crippen LogP contribution in [0.2, 0.25) is 0 Å². The number of carbonyl (C=O) groups excluding carboxylic acids is 5. The van der Waals surface area contributed by atoms with E-state index in [0.717, 1.165) is 19.3 Å². The Balaban J connectivity index is 1.62. The zero-order valence-corrected chi connectivity index (χ0v) is 19.5. The quantitative estimate of drug-likeness (QED) is 0.611. The molecule has 4 fully saturated rings. The Labute approximate surface area is 189 Å². The molecule has 0 aromatic heterocycles. The lowest BCUT2D eigenvalue weighted by Gasteiger charge is -2.60. The van der Waals surface area contributed by atoms with Crippen LogP contribution in [-0.4, -0.2) is 41.5 Å².